The Bertz CT molecular complexity index is 1170. The Morgan fingerprint density at radius 2 is 1.65 bits per heavy atom. The fraction of sp³-hybridized carbons (Fsp3) is 0.581. The second-order valence-electron chi connectivity index (χ2n) is 12.4. The standard InChI is InChI=1S/C31H41NO2/c1-7-22(32-25-14-10-8-12-23(25)24-13-9-11-15-26(24)32)17-18-29(2,3)28(33)34-27-20-21-16-19-31(27,6)30(21,4)5/h8-15,21-22,27H,7,16-20H2,1-6H3. The predicted molar refractivity (Wildman–Crippen MR) is 141 cm³/mol. The molecule has 1 aromatic heterocycles. The maximum atomic E-state index is 13.4. The smallest absolute Gasteiger partial charge is 0.311 e. The van der Waals surface area contributed by atoms with Crippen LogP contribution in [0.25, 0.3) is 21.8 Å². The molecule has 0 spiro atoms. The number of carbonyl (C=O) groups is 1. The van der Waals surface area contributed by atoms with Gasteiger partial charge in [0.25, 0.3) is 0 Å². The molecule has 3 heteroatoms. The summed E-state index contributed by atoms with van der Waals surface area (Å²) in [6.45, 7) is 13.5. The summed E-state index contributed by atoms with van der Waals surface area (Å²) in [5, 5.41) is 2.62. The molecule has 2 aliphatic carbocycles. The molecule has 3 nitrogen and oxygen atoms in total. The van der Waals surface area contributed by atoms with Gasteiger partial charge in [0.2, 0.25) is 0 Å². The van der Waals surface area contributed by atoms with Crippen molar-refractivity contribution in [3.8, 4) is 0 Å². The van der Waals surface area contributed by atoms with E-state index in [0.29, 0.717) is 12.0 Å². The highest BCUT2D eigenvalue weighted by Gasteiger charge is 2.63. The van der Waals surface area contributed by atoms with Gasteiger partial charge in [-0.05, 0) is 75.8 Å². The molecular weight excluding hydrogens is 418 g/mol. The molecule has 1 heterocycles. The number of benzene rings is 2. The second kappa shape index (κ2) is 8.14. The zero-order valence-corrected chi connectivity index (χ0v) is 21.9. The first-order valence-electron chi connectivity index (χ1n) is 13.3. The number of para-hydroxylation sites is 2. The quantitative estimate of drug-likeness (QED) is 0.333. The lowest BCUT2D eigenvalue weighted by Gasteiger charge is -2.39. The highest BCUT2D eigenvalue weighted by Crippen LogP contribution is 2.66. The minimum atomic E-state index is -0.492. The van der Waals surface area contributed by atoms with E-state index in [0.717, 1.165) is 25.7 Å². The van der Waals surface area contributed by atoms with E-state index in [1.54, 1.807) is 0 Å². The third-order valence-corrected chi connectivity index (χ3v) is 10.1. The monoisotopic (exact) mass is 459 g/mol. The summed E-state index contributed by atoms with van der Waals surface area (Å²) in [7, 11) is 0. The van der Waals surface area contributed by atoms with Crippen LogP contribution in [0.15, 0.2) is 48.5 Å². The van der Waals surface area contributed by atoms with E-state index >= 15 is 0 Å². The molecule has 3 aromatic rings. The van der Waals surface area contributed by atoms with Gasteiger partial charge in [-0.2, -0.15) is 0 Å². The van der Waals surface area contributed by atoms with Crippen LogP contribution in [0, 0.1) is 22.2 Å². The van der Waals surface area contributed by atoms with E-state index < -0.39 is 5.41 Å². The van der Waals surface area contributed by atoms with Crippen molar-refractivity contribution >= 4 is 27.8 Å². The Balaban J connectivity index is 1.34. The van der Waals surface area contributed by atoms with Crippen molar-refractivity contribution in [3.63, 3.8) is 0 Å². The van der Waals surface area contributed by atoms with Crippen LogP contribution in [-0.4, -0.2) is 16.6 Å². The van der Waals surface area contributed by atoms with Crippen LogP contribution in [0.3, 0.4) is 0 Å². The first kappa shape index (κ1) is 23.5. The zero-order valence-electron chi connectivity index (χ0n) is 21.9. The summed E-state index contributed by atoms with van der Waals surface area (Å²) >= 11 is 0. The number of rotatable bonds is 7. The van der Waals surface area contributed by atoms with Gasteiger partial charge < -0.3 is 9.30 Å². The second-order valence-corrected chi connectivity index (χ2v) is 12.4. The van der Waals surface area contributed by atoms with E-state index in [2.05, 4.69) is 94.6 Å². The number of esters is 1. The van der Waals surface area contributed by atoms with Gasteiger partial charge in [0, 0.05) is 33.3 Å². The number of hydrogen-bond acceptors (Lipinski definition) is 2. The Hall–Kier alpha value is -2.29. The van der Waals surface area contributed by atoms with Crippen molar-refractivity contribution in [3.05, 3.63) is 48.5 Å². The number of fused-ring (bicyclic) bond motifs is 5. The number of nitrogens with zero attached hydrogens (tertiary/aromatic N) is 1. The summed E-state index contributed by atoms with van der Waals surface area (Å²) < 4.78 is 8.81. The van der Waals surface area contributed by atoms with Crippen LogP contribution >= 0.6 is 0 Å². The molecule has 4 atom stereocenters. The highest BCUT2D eigenvalue weighted by atomic mass is 16.5. The third-order valence-electron chi connectivity index (χ3n) is 10.1. The molecule has 5 rings (SSSR count). The minimum Gasteiger partial charge on any atom is -0.461 e. The molecule has 0 aliphatic heterocycles. The van der Waals surface area contributed by atoms with Crippen LogP contribution < -0.4 is 0 Å². The summed E-state index contributed by atoms with van der Waals surface area (Å²) in [5.41, 5.74) is 2.44. The first-order chi connectivity index (χ1) is 16.1. The Kier molecular flexibility index (Phi) is 5.61. The van der Waals surface area contributed by atoms with E-state index in [1.807, 2.05) is 0 Å². The van der Waals surface area contributed by atoms with E-state index in [1.165, 1.54) is 34.6 Å². The Morgan fingerprint density at radius 1 is 1.06 bits per heavy atom. The van der Waals surface area contributed by atoms with Crippen LogP contribution in [0.1, 0.15) is 86.1 Å². The van der Waals surface area contributed by atoms with Crippen molar-refractivity contribution in [2.24, 2.45) is 22.2 Å². The number of aromatic nitrogens is 1. The van der Waals surface area contributed by atoms with Crippen molar-refractivity contribution < 1.29 is 9.53 Å². The average Bonchev–Trinajstić information content (AvgIpc) is 3.33. The van der Waals surface area contributed by atoms with Gasteiger partial charge in [0.15, 0.2) is 0 Å². The van der Waals surface area contributed by atoms with Gasteiger partial charge in [-0.25, -0.2) is 0 Å². The van der Waals surface area contributed by atoms with E-state index in [-0.39, 0.29) is 22.9 Å². The third kappa shape index (κ3) is 3.41. The molecule has 2 fully saturated rings. The zero-order chi connectivity index (χ0) is 24.3. The average molecular weight is 460 g/mol. The fourth-order valence-electron chi connectivity index (χ4n) is 7.09. The van der Waals surface area contributed by atoms with Gasteiger partial charge >= 0.3 is 5.97 Å². The predicted octanol–water partition coefficient (Wildman–Crippen LogP) is 8.31. The van der Waals surface area contributed by atoms with Crippen LogP contribution in [-0.2, 0) is 9.53 Å². The molecule has 2 saturated carbocycles. The van der Waals surface area contributed by atoms with Gasteiger partial charge in [0.1, 0.15) is 6.10 Å². The normalized spacial score (nSPS) is 26.9. The van der Waals surface area contributed by atoms with Gasteiger partial charge in [-0.1, -0.05) is 64.1 Å². The molecule has 182 valence electrons. The maximum absolute atomic E-state index is 13.4. The molecule has 2 aromatic carbocycles. The lowest BCUT2D eigenvalue weighted by molar-refractivity contribution is -0.168. The minimum absolute atomic E-state index is 0.0147. The summed E-state index contributed by atoms with van der Waals surface area (Å²) in [6.07, 6.45) is 6.35. The number of hydrogen-bond donors (Lipinski definition) is 0. The Morgan fingerprint density at radius 3 is 2.15 bits per heavy atom. The molecule has 34 heavy (non-hydrogen) atoms. The van der Waals surface area contributed by atoms with Crippen molar-refractivity contribution in [1.29, 1.82) is 0 Å². The van der Waals surface area contributed by atoms with Gasteiger partial charge in [-0.3, -0.25) is 4.79 Å². The largest absolute Gasteiger partial charge is 0.461 e. The first-order valence-corrected chi connectivity index (χ1v) is 13.3. The summed E-state index contributed by atoms with van der Waals surface area (Å²) in [6, 6.07) is 17.7. The molecule has 2 bridgehead atoms. The van der Waals surface area contributed by atoms with E-state index in [9.17, 15) is 4.79 Å². The Labute approximate surface area is 204 Å². The molecule has 0 saturated heterocycles. The highest BCUT2D eigenvalue weighted by molar-refractivity contribution is 6.08. The molecule has 0 amide bonds. The lowest BCUT2D eigenvalue weighted by Crippen LogP contribution is -2.41. The van der Waals surface area contributed by atoms with Crippen molar-refractivity contribution in [2.45, 2.75) is 92.2 Å². The van der Waals surface area contributed by atoms with E-state index in [4.69, 9.17) is 4.74 Å². The lowest BCUT2D eigenvalue weighted by atomic mass is 9.70. The fourth-order valence-corrected chi connectivity index (χ4v) is 7.09. The summed E-state index contributed by atoms with van der Waals surface area (Å²) in [4.78, 5) is 13.4. The molecule has 2 aliphatic rings. The number of ether oxygens (including phenoxy) is 1. The van der Waals surface area contributed by atoms with Crippen LogP contribution in [0.5, 0.6) is 0 Å². The SMILES string of the molecule is CCC(CCC(C)(C)C(=O)OC1CC2CCC1(C)C2(C)C)n1c2ccccc2c2ccccc21. The summed E-state index contributed by atoms with van der Waals surface area (Å²) in [5.74, 6) is 0.664. The maximum Gasteiger partial charge on any atom is 0.311 e. The number of carbonyl (C=O) groups excluding carboxylic acids is 1. The molecule has 4 unspecified atom stereocenters. The topological polar surface area (TPSA) is 31.2 Å². The van der Waals surface area contributed by atoms with Gasteiger partial charge in [0.05, 0.1) is 5.41 Å². The molecule has 0 radical (unpaired) electrons. The molecule has 0 N–H and O–H groups in total. The van der Waals surface area contributed by atoms with Crippen LogP contribution in [0.4, 0.5) is 0 Å². The van der Waals surface area contributed by atoms with Crippen molar-refractivity contribution in [1.82, 2.24) is 4.57 Å². The van der Waals surface area contributed by atoms with Crippen LogP contribution in [0.2, 0.25) is 0 Å². The van der Waals surface area contributed by atoms with Crippen molar-refractivity contribution in [2.75, 3.05) is 0 Å². The van der Waals surface area contributed by atoms with Gasteiger partial charge in [-0.15, -0.1) is 0 Å². The molecular formula is C31H41NO2.